The Kier molecular flexibility index (Phi) is 7.84. The number of ketones is 2. The second kappa shape index (κ2) is 8.09. The van der Waals surface area contributed by atoms with Crippen molar-refractivity contribution < 1.29 is 19.1 Å². The molecule has 0 radical (unpaired) electrons. The standard InChI is InChI=1S/C20H38O4/c1-11-17(5,6)20(10,24-14-16(4)22)18(7,8)19(9,12-2)23-13-15(3)21/h11-14H2,1-10H3. The molecule has 24 heavy (non-hydrogen) atoms. The predicted molar refractivity (Wildman–Crippen MR) is 98.2 cm³/mol. The average molecular weight is 343 g/mol. The van der Waals surface area contributed by atoms with E-state index in [1.807, 2.05) is 6.92 Å². The molecule has 0 aliphatic carbocycles. The van der Waals surface area contributed by atoms with Crippen molar-refractivity contribution >= 4 is 11.6 Å². The van der Waals surface area contributed by atoms with E-state index in [0.29, 0.717) is 0 Å². The maximum Gasteiger partial charge on any atom is 0.155 e. The Morgan fingerprint density at radius 2 is 1.17 bits per heavy atom. The molecule has 0 spiro atoms. The molecule has 4 nitrogen and oxygen atoms in total. The number of carbonyl (C=O) groups excluding carboxylic acids is 2. The second-order valence-corrected chi connectivity index (χ2v) is 8.46. The van der Waals surface area contributed by atoms with Crippen LogP contribution in [0.2, 0.25) is 0 Å². The molecule has 0 saturated carbocycles. The van der Waals surface area contributed by atoms with E-state index in [4.69, 9.17) is 9.47 Å². The highest BCUT2D eigenvalue weighted by atomic mass is 16.5. The molecule has 0 N–H and O–H groups in total. The van der Waals surface area contributed by atoms with Gasteiger partial charge in [-0.05, 0) is 46.0 Å². The van der Waals surface area contributed by atoms with Crippen LogP contribution in [-0.4, -0.2) is 36.0 Å². The van der Waals surface area contributed by atoms with Crippen molar-refractivity contribution in [3.63, 3.8) is 0 Å². The Morgan fingerprint density at radius 3 is 1.50 bits per heavy atom. The van der Waals surface area contributed by atoms with E-state index >= 15 is 0 Å². The van der Waals surface area contributed by atoms with Crippen molar-refractivity contribution in [2.45, 2.75) is 93.3 Å². The molecular weight excluding hydrogens is 304 g/mol. The van der Waals surface area contributed by atoms with E-state index < -0.39 is 16.6 Å². The summed E-state index contributed by atoms with van der Waals surface area (Å²) in [5.74, 6) is 0.0124. The molecule has 0 saturated heterocycles. The first-order valence-electron chi connectivity index (χ1n) is 8.97. The van der Waals surface area contributed by atoms with Crippen molar-refractivity contribution in [3.8, 4) is 0 Å². The Balaban J connectivity index is 6.02. The molecule has 0 fully saturated rings. The molecule has 0 bridgehead atoms. The van der Waals surface area contributed by atoms with Gasteiger partial charge in [-0.2, -0.15) is 0 Å². The van der Waals surface area contributed by atoms with Crippen LogP contribution in [0, 0.1) is 10.8 Å². The molecule has 142 valence electrons. The predicted octanol–water partition coefficient (Wildman–Crippen LogP) is 4.59. The molecule has 4 heteroatoms. The maximum atomic E-state index is 11.6. The van der Waals surface area contributed by atoms with Gasteiger partial charge in [0.15, 0.2) is 11.6 Å². The number of hydrogen-bond acceptors (Lipinski definition) is 4. The Bertz CT molecular complexity index is 453. The second-order valence-electron chi connectivity index (χ2n) is 8.46. The first-order valence-corrected chi connectivity index (χ1v) is 8.97. The van der Waals surface area contributed by atoms with Crippen LogP contribution in [0.25, 0.3) is 0 Å². The maximum absolute atomic E-state index is 11.6. The van der Waals surface area contributed by atoms with Crippen molar-refractivity contribution in [2.24, 2.45) is 10.8 Å². The van der Waals surface area contributed by atoms with E-state index in [1.165, 1.54) is 13.8 Å². The van der Waals surface area contributed by atoms with Crippen LogP contribution in [0.5, 0.6) is 0 Å². The molecular formula is C20H38O4. The van der Waals surface area contributed by atoms with Crippen LogP contribution in [0.4, 0.5) is 0 Å². The lowest BCUT2D eigenvalue weighted by Crippen LogP contribution is -2.64. The Labute approximate surface area is 148 Å². The monoisotopic (exact) mass is 342 g/mol. The van der Waals surface area contributed by atoms with Crippen LogP contribution in [0.3, 0.4) is 0 Å². The fraction of sp³-hybridized carbons (Fsp3) is 0.900. The lowest BCUT2D eigenvalue weighted by molar-refractivity contribution is -0.247. The summed E-state index contributed by atoms with van der Waals surface area (Å²) in [4.78, 5) is 23.0. The normalized spacial score (nSPS) is 17.9. The molecule has 0 aromatic carbocycles. The fourth-order valence-corrected chi connectivity index (χ4v) is 3.29. The molecule has 0 amide bonds. The summed E-state index contributed by atoms with van der Waals surface area (Å²) in [5.41, 5.74) is -1.78. The SMILES string of the molecule is CCC(C)(C)C(C)(OCC(C)=O)C(C)(C)C(C)(CC)OCC(C)=O. The van der Waals surface area contributed by atoms with E-state index in [2.05, 4.69) is 48.5 Å². The van der Waals surface area contributed by atoms with Gasteiger partial charge in [-0.3, -0.25) is 9.59 Å². The highest BCUT2D eigenvalue weighted by Crippen LogP contribution is 2.55. The minimum atomic E-state index is -0.609. The minimum absolute atomic E-state index is 0.00610. The summed E-state index contributed by atoms with van der Waals surface area (Å²) in [6.07, 6.45) is 1.64. The lowest BCUT2D eigenvalue weighted by atomic mass is 9.54. The summed E-state index contributed by atoms with van der Waals surface area (Å²) >= 11 is 0. The van der Waals surface area contributed by atoms with Crippen LogP contribution in [0.1, 0.15) is 82.1 Å². The van der Waals surface area contributed by atoms with Gasteiger partial charge in [0.25, 0.3) is 0 Å². The molecule has 0 aromatic rings. The minimum Gasteiger partial charge on any atom is -0.367 e. The average Bonchev–Trinajstić information content (AvgIpc) is 2.49. The number of Topliss-reactive ketones (excluding diaryl/α,β-unsaturated/α-hetero) is 2. The zero-order valence-electron chi connectivity index (χ0n) is 17.5. The van der Waals surface area contributed by atoms with Gasteiger partial charge in [0.05, 0.1) is 11.2 Å². The van der Waals surface area contributed by atoms with E-state index in [1.54, 1.807) is 0 Å². The summed E-state index contributed by atoms with van der Waals surface area (Å²) in [6, 6.07) is 0. The summed E-state index contributed by atoms with van der Waals surface area (Å²) in [7, 11) is 0. The van der Waals surface area contributed by atoms with Crippen molar-refractivity contribution in [1.29, 1.82) is 0 Å². The molecule has 2 atom stereocenters. The fourth-order valence-electron chi connectivity index (χ4n) is 3.29. The number of hydrogen-bond donors (Lipinski definition) is 0. The third kappa shape index (κ3) is 4.45. The highest BCUT2D eigenvalue weighted by Gasteiger charge is 2.59. The van der Waals surface area contributed by atoms with Crippen LogP contribution in [-0.2, 0) is 19.1 Å². The van der Waals surface area contributed by atoms with Gasteiger partial charge in [0.2, 0.25) is 0 Å². The summed E-state index contributed by atoms with van der Waals surface area (Å²) in [5, 5.41) is 0. The van der Waals surface area contributed by atoms with E-state index in [9.17, 15) is 9.59 Å². The van der Waals surface area contributed by atoms with Gasteiger partial charge in [-0.25, -0.2) is 0 Å². The molecule has 0 rings (SSSR count). The van der Waals surface area contributed by atoms with Gasteiger partial charge in [-0.1, -0.05) is 41.5 Å². The summed E-state index contributed by atoms with van der Waals surface area (Å²) < 4.78 is 12.3. The first-order chi connectivity index (χ1) is 10.7. The highest BCUT2D eigenvalue weighted by molar-refractivity contribution is 5.77. The van der Waals surface area contributed by atoms with Crippen LogP contribution < -0.4 is 0 Å². The van der Waals surface area contributed by atoms with Crippen molar-refractivity contribution in [1.82, 2.24) is 0 Å². The Hall–Kier alpha value is -0.740. The summed E-state index contributed by atoms with van der Waals surface area (Å²) in [6.45, 7) is 20.1. The van der Waals surface area contributed by atoms with Crippen molar-refractivity contribution in [2.75, 3.05) is 13.2 Å². The zero-order valence-corrected chi connectivity index (χ0v) is 17.5. The van der Waals surface area contributed by atoms with Gasteiger partial charge < -0.3 is 9.47 Å². The molecule has 0 aromatic heterocycles. The largest absolute Gasteiger partial charge is 0.367 e. The van der Waals surface area contributed by atoms with E-state index in [0.717, 1.165) is 12.8 Å². The number of carbonyl (C=O) groups is 2. The van der Waals surface area contributed by atoms with Crippen LogP contribution >= 0.6 is 0 Å². The van der Waals surface area contributed by atoms with Gasteiger partial charge in [0, 0.05) is 5.41 Å². The quantitative estimate of drug-likeness (QED) is 0.551. The number of ether oxygens (including phenoxy) is 2. The van der Waals surface area contributed by atoms with E-state index in [-0.39, 0.29) is 30.2 Å². The molecule has 0 heterocycles. The lowest BCUT2D eigenvalue weighted by Gasteiger charge is -2.59. The molecule has 0 aliphatic rings. The molecule has 2 unspecified atom stereocenters. The number of rotatable bonds is 11. The third-order valence-corrected chi connectivity index (χ3v) is 6.52. The Morgan fingerprint density at radius 1 is 0.750 bits per heavy atom. The topological polar surface area (TPSA) is 52.6 Å². The van der Waals surface area contributed by atoms with Crippen molar-refractivity contribution in [3.05, 3.63) is 0 Å². The van der Waals surface area contributed by atoms with Gasteiger partial charge in [-0.15, -0.1) is 0 Å². The smallest absolute Gasteiger partial charge is 0.155 e. The first kappa shape index (κ1) is 23.3. The van der Waals surface area contributed by atoms with Gasteiger partial charge in [0.1, 0.15) is 13.2 Å². The van der Waals surface area contributed by atoms with Crippen LogP contribution in [0.15, 0.2) is 0 Å². The molecule has 0 aliphatic heterocycles. The third-order valence-electron chi connectivity index (χ3n) is 6.52. The zero-order chi connectivity index (χ0) is 19.4. The van der Waals surface area contributed by atoms with Gasteiger partial charge >= 0.3 is 0 Å².